The number of alkyl halides is 3. The summed E-state index contributed by atoms with van der Waals surface area (Å²) in [5.74, 6) is 0. The first-order valence-electron chi connectivity index (χ1n) is 5.99. The fraction of sp³-hybridized carbons (Fsp3) is 0.500. The quantitative estimate of drug-likeness (QED) is 0.617. The maximum Gasteiger partial charge on any atom is 0.411 e. The van der Waals surface area contributed by atoms with Crippen LogP contribution in [0.1, 0.15) is 18.9 Å². The predicted molar refractivity (Wildman–Crippen MR) is 67.6 cm³/mol. The number of ether oxygens (including phenoxy) is 1. The van der Waals surface area contributed by atoms with Crippen molar-refractivity contribution < 1.29 is 22.8 Å². The van der Waals surface area contributed by atoms with E-state index in [9.17, 15) is 23.3 Å². The summed E-state index contributed by atoms with van der Waals surface area (Å²) in [7, 11) is 0. The van der Waals surface area contributed by atoms with E-state index in [-0.39, 0.29) is 12.3 Å². The lowest BCUT2D eigenvalue weighted by molar-refractivity contribution is -0.384. The number of benzene rings is 1. The Hall–Kier alpha value is -1.83. The van der Waals surface area contributed by atoms with Crippen LogP contribution in [0, 0.1) is 10.1 Å². The van der Waals surface area contributed by atoms with Gasteiger partial charge in [-0.15, -0.1) is 0 Å². The lowest BCUT2D eigenvalue weighted by Crippen LogP contribution is -2.16. The highest BCUT2D eigenvalue weighted by Gasteiger charge is 2.27. The molecule has 0 heterocycles. The first-order chi connectivity index (χ1) is 9.33. The highest BCUT2D eigenvalue weighted by atomic mass is 19.4. The van der Waals surface area contributed by atoms with Gasteiger partial charge in [0, 0.05) is 12.6 Å². The van der Waals surface area contributed by atoms with E-state index in [4.69, 9.17) is 0 Å². The first kappa shape index (κ1) is 16.2. The summed E-state index contributed by atoms with van der Waals surface area (Å²) >= 11 is 0. The molecule has 20 heavy (non-hydrogen) atoms. The molecule has 1 rings (SSSR count). The van der Waals surface area contributed by atoms with Gasteiger partial charge in [-0.1, -0.05) is 13.0 Å². The van der Waals surface area contributed by atoms with Gasteiger partial charge in [0.2, 0.25) is 0 Å². The fourth-order valence-electron chi connectivity index (χ4n) is 1.51. The van der Waals surface area contributed by atoms with Gasteiger partial charge >= 0.3 is 6.18 Å². The van der Waals surface area contributed by atoms with Gasteiger partial charge in [-0.05, 0) is 18.1 Å². The molecule has 1 aromatic carbocycles. The third-order valence-corrected chi connectivity index (χ3v) is 2.36. The van der Waals surface area contributed by atoms with Crippen molar-refractivity contribution >= 4 is 11.4 Å². The smallest absolute Gasteiger partial charge is 0.380 e. The molecule has 8 heteroatoms. The van der Waals surface area contributed by atoms with E-state index in [0.717, 1.165) is 6.42 Å². The number of halogens is 3. The topological polar surface area (TPSA) is 64.4 Å². The molecule has 112 valence electrons. The molecular formula is C12H15F3N2O3. The second-order valence-electron chi connectivity index (χ2n) is 4.14. The molecule has 0 bridgehead atoms. The Morgan fingerprint density at radius 2 is 2.10 bits per heavy atom. The van der Waals surface area contributed by atoms with Crippen LogP contribution in [-0.4, -0.2) is 24.3 Å². The maximum atomic E-state index is 11.9. The van der Waals surface area contributed by atoms with E-state index < -0.39 is 17.7 Å². The number of hydrogen-bond donors (Lipinski definition) is 1. The van der Waals surface area contributed by atoms with Gasteiger partial charge in [-0.2, -0.15) is 13.2 Å². The van der Waals surface area contributed by atoms with Crippen molar-refractivity contribution in [1.29, 1.82) is 0 Å². The monoisotopic (exact) mass is 292 g/mol. The van der Waals surface area contributed by atoms with Crippen LogP contribution in [-0.2, 0) is 11.3 Å². The molecule has 0 fully saturated rings. The molecule has 0 amide bonds. The molecule has 0 aromatic heterocycles. The van der Waals surface area contributed by atoms with E-state index in [0.29, 0.717) is 17.8 Å². The van der Waals surface area contributed by atoms with Crippen molar-refractivity contribution in [3.8, 4) is 0 Å². The average Bonchev–Trinajstić information content (AvgIpc) is 2.35. The van der Waals surface area contributed by atoms with Crippen LogP contribution in [0.5, 0.6) is 0 Å². The van der Waals surface area contributed by atoms with E-state index in [1.165, 1.54) is 18.2 Å². The van der Waals surface area contributed by atoms with Crippen molar-refractivity contribution in [1.82, 2.24) is 0 Å². The molecule has 1 aromatic rings. The first-order valence-corrected chi connectivity index (χ1v) is 5.99. The van der Waals surface area contributed by atoms with Crippen LogP contribution in [0.3, 0.4) is 0 Å². The molecule has 0 aliphatic heterocycles. The van der Waals surface area contributed by atoms with Gasteiger partial charge in [0.15, 0.2) is 0 Å². The number of anilines is 1. The molecule has 0 aliphatic rings. The third kappa shape index (κ3) is 5.43. The average molecular weight is 292 g/mol. The Labute approximate surface area is 113 Å². The Morgan fingerprint density at radius 1 is 1.40 bits per heavy atom. The van der Waals surface area contributed by atoms with Crippen LogP contribution in [0.2, 0.25) is 0 Å². The maximum absolute atomic E-state index is 11.9. The number of nitro groups is 1. The van der Waals surface area contributed by atoms with Crippen LogP contribution < -0.4 is 5.32 Å². The Morgan fingerprint density at radius 3 is 2.65 bits per heavy atom. The van der Waals surface area contributed by atoms with E-state index in [1.807, 2.05) is 6.92 Å². The SMILES string of the molecule is CCCNc1ccc(COCC(F)(F)F)cc1[N+](=O)[O-]. The fourth-order valence-corrected chi connectivity index (χ4v) is 1.51. The molecular weight excluding hydrogens is 277 g/mol. The molecule has 0 saturated carbocycles. The highest BCUT2D eigenvalue weighted by molar-refractivity contribution is 5.62. The number of nitro benzene ring substituents is 1. The van der Waals surface area contributed by atoms with Crippen molar-refractivity contribution in [2.45, 2.75) is 26.1 Å². The zero-order valence-corrected chi connectivity index (χ0v) is 10.9. The van der Waals surface area contributed by atoms with Gasteiger partial charge in [-0.3, -0.25) is 10.1 Å². The number of nitrogens with one attached hydrogen (secondary N) is 1. The lowest BCUT2D eigenvalue weighted by atomic mass is 10.2. The summed E-state index contributed by atoms with van der Waals surface area (Å²) in [6.45, 7) is 0.786. The molecule has 0 atom stereocenters. The second-order valence-corrected chi connectivity index (χ2v) is 4.14. The summed E-state index contributed by atoms with van der Waals surface area (Å²) in [5.41, 5.74) is 0.492. The van der Waals surface area contributed by atoms with Crippen molar-refractivity contribution in [2.24, 2.45) is 0 Å². The van der Waals surface area contributed by atoms with Gasteiger partial charge in [0.25, 0.3) is 5.69 Å². The van der Waals surface area contributed by atoms with E-state index in [2.05, 4.69) is 10.1 Å². The summed E-state index contributed by atoms with van der Waals surface area (Å²) in [5, 5.41) is 13.8. The van der Waals surface area contributed by atoms with Gasteiger partial charge in [0.05, 0.1) is 11.5 Å². The second kappa shape index (κ2) is 7.09. The Balaban J connectivity index is 2.74. The zero-order chi connectivity index (χ0) is 15.2. The van der Waals surface area contributed by atoms with Crippen LogP contribution >= 0.6 is 0 Å². The summed E-state index contributed by atoms with van der Waals surface area (Å²) in [6, 6.07) is 4.19. The highest BCUT2D eigenvalue weighted by Crippen LogP contribution is 2.26. The van der Waals surface area contributed by atoms with Crippen molar-refractivity contribution in [3.63, 3.8) is 0 Å². The van der Waals surface area contributed by atoms with Crippen LogP contribution in [0.4, 0.5) is 24.5 Å². The Bertz CT molecular complexity index is 464. The number of hydrogen-bond acceptors (Lipinski definition) is 4. The minimum atomic E-state index is -4.41. The summed E-state index contributed by atoms with van der Waals surface area (Å²) < 4.78 is 40.3. The van der Waals surface area contributed by atoms with Crippen molar-refractivity contribution in [2.75, 3.05) is 18.5 Å². The zero-order valence-electron chi connectivity index (χ0n) is 10.9. The summed E-state index contributed by atoms with van der Waals surface area (Å²) in [6.07, 6.45) is -3.61. The Kier molecular flexibility index (Phi) is 5.75. The summed E-state index contributed by atoms with van der Waals surface area (Å²) in [4.78, 5) is 10.3. The van der Waals surface area contributed by atoms with E-state index in [1.54, 1.807) is 0 Å². The van der Waals surface area contributed by atoms with Gasteiger partial charge in [0.1, 0.15) is 12.3 Å². The standard InChI is InChI=1S/C12H15F3N2O3/c1-2-5-16-10-4-3-9(6-11(10)17(18)19)7-20-8-12(13,14)15/h3-4,6,16H,2,5,7-8H2,1H3. The third-order valence-electron chi connectivity index (χ3n) is 2.36. The molecule has 0 unspecified atom stereocenters. The number of nitrogens with zero attached hydrogens (tertiary/aromatic N) is 1. The minimum Gasteiger partial charge on any atom is -0.380 e. The molecule has 0 saturated heterocycles. The van der Waals surface area contributed by atoms with Crippen LogP contribution in [0.25, 0.3) is 0 Å². The van der Waals surface area contributed by atoms with Crippen molar-refractivity contribution in [3.05, 3.63) is 33.9 Å². The van der Waals surface area contributed by atoms with E-state index >= 15 is 0 Å². The van der Waals surface area contributed by atoms with Gasteiger partial charge < -0.3 is 10.1 Å². The largest absolute Gasteiger partial charge is 0.411 e. The van der Waals surface area contributed by atoms with Crippen LogP contribution in [0.15, 0.2) is 18.2 Å². The molecule has 1 N–H and O–H groups in total. The lowest BCUT2D eigenvalue weighted by Gasteiger charge is -2.09. The molecule has 0 radical (unpaired) electrons. The normalized spacial score (nSPS) is 11.4. The molecule has 0 aliphatic carbocycles. The molecule has 5 nitrogen and oxygen atoms in total. The predicted octanol–water partition coefficient (Wildman–Crippen LogP) is 3.50. The number of rotatable bonds is 7. The van der Waals surface area contributed by atoms with Gasteiger partial charge in [-0.25, -0.2) is 0 Å². The molecule has 0 spiro atoms. The minimum absolute atomic E-state index is 0.174.